The third-order valence-corrected chi connectivity index (χ3v) is 2.94. The number of hydrogen-bond donors (Lipinski definition) is 3. The Morgan fingerprint density at radius 1 is 1.25 bits per heavy atom. The summed E-state index contributed by atoms with van der Waals surface area (Å²) in [6, 6.07) is 0. The van der Waals surface area contributed by atoms with Gasteiger partial charge in [0.25, 0.3) is 0 Å². The third kappa shape index (κ3) is 2.82. The highest BCUT2D eigenvalue weighted by Gasteiger charge is 2.25. The summed E-state index contributed by atoms with van der Waals surface area (Å²) >= 11 is 0. The molecule has 0 saturated carbocycles. The zero-order chi connectivity index (χ0) is 12.0. The zero-order valence-corrected chi connectivity index (χ0v) is 10.1. The second kappa shape index (κ2) is 5.65. The fourth-order valence-corrected chi connectivity index (χ4v) is 1.51. The first kappa shape index (κ1) is 12.7. The van der Waals surface area contributed by atoms with E-state index >= 15 is 0 Å². The van der Waals surface area contributed by atoms with Gasteiger partial charge in [0.1, 0.15) is 11.6 Å². The van der Waals surface area contributed by atoms with Crippen LogP contribution in [0.4, 0.5) is 11.6 Å². The summed E-state index contributed by atoms with van der Waals surface area (Å²) in [6.45, 7) is 4.18. The second-order valence-electron chi connectivity index (χ2n) is 3.81. The monoisotopic (exact) mass is 224 g/mol. The zero-order valence-electron chi connectivity index (χ0n) is 10.1. The molecule has 0 radical (unpaired) electrons. The molecule has 0 saturated heterocycles. The Morgan fingerprint density at radius 2 is 1.88 bits per heavy atom. The van der Waals surface area contributed by atoms with Crippen LogP contribution < -0.4 is 10.6 Å². The molecule has 1 heterocycles. The van der Waals surface area contributed by atoms with Crippen molar-refractivity contribution in [2.75, 3.05) is 24.3 Å². The summed E-state index contributed by atoms with van der Waals surface area (Å²) in [7, 11) is 1.80. The van der Waals surface area contributed by atoms with E-state index in [2.05, 4.69) is 20.6 Å². The van der Waals surface area contributed by atoms with Crippen LogP contribution >= 0.6 is 0 Å². The summed E-state index contributed by atoms with van der Waals surface area (Å²) in [5.41, 5.74) is -0.305. The molecule has 5 nitrogen and oxygen atoms in total. The van der Waals surface area contributed by atoms with Gasteiger partial charge in [0, 0.05) is 7.05 Å². The van der Waals surface area contributed by atoms with E-state index in [4.69, 9.17) is 0 Å². The largest absolute Gasteiger partial charge is 0.394 e. The molecule has 0 unspecified atom stereocenters. The van der Waals surface area contributed by atoms with Gasteiger partial charge in [-0.2, -0.15) is 0 Å². The van der Waals surface area contributed by atoms with E-state index in [-0.39, 0.29) is 12.1 Å². The maximum atomic E-state index is 9.44. The van der Waals surface area contributed by atoms with Gasteiger partial charge in [0.05, 0.1) is 24.5 Å². The molecular formula is C11H20N4O. The van der Waals surface area contributed by atoms with Crippen molar-refractivity contribution in [3.8, 4) is 0 Å². The van der Waals surface area contributed by atoms with Gasteiger partial charge in [-0.25, -0.2) is 4.98 Å². The molecule has 0 atom stereocenters. The molecule has 0 spiro atoms. The molecular weight excluding hydrogens is 204 g/mol. The first-order chi connectivity index (χ1) is 7.69. The number of rotatable bonds is 6. The Bertz CT molecular complexity index is 317. The lowest BCUT2D eigenvalue weighted by Gasteiger charge is -2.31. The smallest absolute Gasteiger partial charge is 0.147 e. The molecule has 0 aliphatic carbocycles. The van der Waals surface area contributed by atoms with E-state index in [1.807, 2.05) is 13.8 Å². The highest BCUT2D eigenvalue weighted by molar-refractivity contribution is 5.42. The summed E-state index contributed by atoms with van der Waals surface area (Å²) in [4.78, 5) is 8.40. The number of aliphatic hydroxyl groups excluding tert-OH is 1. The molecule has 1 rings (SSSR count). The van der Waals surface area contributed by atoms with E-state index in [0.29, 0.717) is 11.6 Å². The average molecular weight is 224 g/mol. The van der Waals surface area contributed by atoms with Gasteiger partial charge in [-0.05, 0) is 12.8 Å². The lowest BCUT2D eigenvalue weighted by Crippen LogP contribution is -2.41. The minimum absolute atomic E-state index is 0.0888. The van der Waals surface area contributed by atoms with Crippen LogP contribution in [-0.4, -0.2) is 34.3 Å². The first-order valence-electron chi connectivity index (χ1n) is 5.58. The standard InChI is InChI=1S/C11H20N4O/c1-4-11(5-2,8-16)15-10-7-13-6-9(12-3)14-10/h6-7,16H,4-5,8H2,1-3H3,(H2,12,14,15). The van der Waals surface area contributed by atoms with Gasteiger partial charge >= 0.3 is 0 Å². The number of nitrogens with one attached hydrogen (secondary N) is 2. The molecule has 0 aliphatic rings. The number of hydrogen-bond acceptors (Lipinski definition) is 5. The van der Waals surface area contributed by atoms with Gasteiger partial charge in [0.2, 0.25) is 0 Å². The SMILES string of the molecule is CCC(CC)(CO)Nc1cncc(NC)n1. The Morgan fingerprint density at radius 3 is 2.38 bits per heavy atom. The second-order valence-corrected chi connectivity index (χ2v) is 3.81. The lowest BCUT2D eigenvalue weighted by atomic mass is 9.94. The average Bonchev–Trinajstić information content (AvgIpc) is 2.36. The van der Waals surface area contributed by atoms with E-state index in [1.165, 1.54) is 0 Å². The third-order valence-electron chi connectivity index (χ3n) is 2.94. The van der Waals surface area contributed by atoms with Gasteiger partial charge in [0.15, 0.2) is 0 Å². The molecule has 0 fully saturated rings. The Kier molecular flexibility index (Phi) is 4.49. The quantitative estimate of drug-likeness (QED) is 0.683. The van der Waals surface area contributed by atoms with Crippen molar-refractivity contribution in [1.29, 1.82) is 0 Å². The number of nitrogens with zero attached hydrogens (tertiary/aromatic N) is 2. The number of aliphatic hydroxyl groups is 1. The normalized spacial score (nSPS) is 11.2. The maximum absolute atomic E-state index is 9.44. The van der Waals surface area contributed by atoms with Crippen LogP contribution in [0.5, 0.6) is 0 Å². The van der Waals surface area contributed by atoms with E-state index < -0.39 is 0 Å². The molecule has 0 amide bonds. The fourth-order valence-electron chi connectivity index (χ4n) is 1.51. The molecule has 3 N–H and O–H groups in total. The van der Waals surface area contributed by atoms with Crippen LogP contribution in [-0.2, 0) is 0 Å². The fraction of sp³-hybridized carbons (Fsp3) is 0.636. The lowest BCUT2D eigenvalue weighted by molar-refractivity contribution is 0.202. The highest BCUT2D eigenvalue weighted by Crippen LogP contribution is 2.20. The molecule has 16 heavy (non-hydrogen) atoms. The van der Waals surface area contributed by atoms with Crippen molar-refractivity contribution in [3.63, 3.8) is 0 Å². The van der Waals surface area contributed by atoms with Crippen molar-refractivity contribution in [2.24, 2.45) is 0 Å². The van der Waals surface area contributed by atoms with Gasteiger partial charge in [-0.1, -0.05) is 13.8 Å². The molecule has 0 aliphatic heterocycles. The molecule has 0 aromatic carbocycles. The van der Waals surface area contributed by atoms with Crippen molar-refractivity contribution < 1.29 is 5.11 Å². The molecule has 1 aromatic rings. The van der Waals surface area contributed by atoms with Crippen molar-refractivity contribution in [1.82, 2.24) is 9.97 Å². The number of anilines is 2. The number of aromatic nitrogens is 2. The van der Waals surface area contributed by atoms with Crippen LogP contribution in [0.15, 0.2) is 12.4 Å². The van der Waals surface area contributed by atoms with Crippen LogP contribution in [0, 0.1) is 0 Å². The Labute approximate surface area is 96.3 Å². The molecule has 0 bridgehead atoms. The first-order valence-corrected chi connectivity index (χ1v) is 5.58. The van der Waals surface area contributed by atoms with Crippen LogP contribution in [0.3, 0.4) is 0 Å². The maximum Gasteiger partial charge on any atom is 0.147 e. The summed E-state index contributed by atoms with van der Waals surface area (Å²) in [5, 5.41) is 15.6. The van der Waals surface area contributed by atoms with Crippen molar-refractivity contribution in [3.05, 3.63) is 12.4 Å². The molecule has 1 aromatic heterocycles. The summed E-state index contributed by atoms with van der Waals surface area (Å²) in [6.07, 6.45) is 5.00. The van der Waals surface area contributed by atoms with Crippen molar-refractivity contribution in [2.45, 2.75) is 32.2 Å². The Hall–Kier alpha value is -1.36. The Balaban J connectivity index is 2.84. The predicted octanol–water partition coefficient (Wildman–Crippen LogP) is 1.48. The van der Waals surface area contributed by atoms with E-state index in [0.717, 1.165) is 12.8 Å². The van der Waals surface area contributed by atoms with E-state index in [1.54, 1.807) is 19.4 Å². The highest BCUT2D eigenvalue weighted by atomic mass is 16.3. The van der Waals surface area contributed by atoms with Crippen LogP contribution in [0.2, 0.25) is 0 Å². The van der Waals surface area contributed by atoms with Gasteiger partial charge in [-0.15, -0.1) is 0 Å². The van der Waals surface area contributed by atoms with Gasteiger partial charge < -0.3 is 15.7 Å². The van der Waals surface area contributed by atoms with Crippen molar-refractivity contribution >= 4 is 11.6 Å². The minimum Gasteiger partial charge on any atom is -0.394 e. The minimum atomic E-state index is -0.305. The predicted molar refractivity (Wildman–Crippen MR) is 65.6 cm³/mol. The summed E-state index contributed by atoms with van der Waals surface area (Å²) < 4.78 is 0. The summed E-state index contributed by atoms with van der Waals surface area (Å²) in [5.74, 6) is 1.40. The topological polar surface area (TPSA) is 70.1 Å². The van der Waals surface area contributed by atoms with Gasteiger partial charge in [-0.3, -0.25) is 4.98 Å². The van der Waals surface area contributed by atoms with Crippen LogP contribution in [0.25, 0.3) is 0 Å². The van der Waals surface area contributed by atoms with E-state index in [9.17, 15) is 5.11 Å². The molecule has 90 valence electrons. The molecule has 5 heteroatoms. The van der Waals surface area contributed by atoms with Crippen LogP contribution in [0.1, 0.15) is 26.7 Å².